The molecule has 2 aromatic heterocycles. The van der Waals surface area contributed by atoms with Gasteiger partial charge in [-0.25, -0.2) is 9.97 Å². The minimum atomic E-state index is -2.98. The molecule has 1 atom stereocenters. The van der Waals surface area contributed by atoms with Crippen LogP contribution < -0.4 is 19.9 Å². The van der Waals surface area contributed by atoms with Crippen molar-refractivity contribution in [2.24, 2.45) is 7.05 Å². The van der Waals surface area contributed by atoms with E-state index in [2.05, 4.69) is 9.97 Å². The SMILES string of the molecule is COc1cc2c(=O)n(C)n(Cc3ccccc3OC(F)F)c2cc1-c1cnc(N2CCN(C(=O)CO)C(C)C2)nc1. The van der Waals surface area contributed by atoms with E-state index in [0.717, 1.165) is 0 Å². The Balaban J connectivity index is 1.48. The minimum absolute atomic E-state index is 0.0328. The molecule has 0 spiro atoms. The lowest BCUT2D eigenvalue weighted by Crippen LogP contribution is -2.55. The fourth-order valence-corrected chi connectivity index (χ4v) is 5.22. The first-order chi connectivity index (χ1) is 19.7. The van der Waals surface area contributed by atoms with Crippen LogP contribution in [-0.4, -0.2) is 81.2 Å². The average Bonchev–Trinajstić information content (AvgIpc) is 3.20. The van der Waals surface area contributed by atoms with Gasteiger partial charge >= 0.3 is 6.61 Å². The first-order valence-electron chi connectivity index (χ1n) is 13.0. The molecule has 2 aromatic carbocycles. The van der Waals surface area contributed by atoms with E-state index >= 15 is 0 Å². The Hall–Kier alpha value is -4.52. The molecule has 1 amide bonds. The van der Waals surface area contributed by atoms with Gasteiger partial charge in [-0.15, -0.1) is 0 Å². The predicted molar refractivity (Wildman–Crippen MR) is 147 cm³/mol. The molecule has 1 N–H and O–H groups in total. The van der Waals surface area contributed by atoms with E-state index in [1.807, 2.05) is 11.8 Å². The summed E-state index contributed by atoms with van der Waals surface area (Å²) in [6.45, 7) is 0.0226. The van der Waals surface area contributed by atoms with Gasteiger partial charge in [-0.05, 0) is 25.1 Å². The van der Waals surface area contributed by atoms with Crippen LogP contribution in [0.4, 0.5) is 14.7 Å². The molecule has 0 aliphatic carbocycles. The van der Waals surface area contributed by atoms with E-state index in [0.29, 0.717) is 58.9 Å². The molecule has 11 nitrogen and oxygen atoms in total. The Morgan fingerprint density at radius 3 is 2.54 bits per heavy atom. The maximum Gasteiger partial charge on any atom is 0.387 e. The molecule has 0 bridgehead atoms. The number of carbonyl (C=O) groups is 1. The zero-order chi connectivity index (χ0) is 29.3. The summed E-state index contributed by atoms with van der Waals surface area (Å²) < 4.78 is 39.4. The van der Waals surface area contributed by atoms with Gasteiger partial charge in [0, 0.05) is 61.8 Å². The second-order valence-electron chi connectivity index (χ2n) is 9.75. The lowest BCUT2D eigenvalue weighted by atomic mass is 10.1. The molecule has 13 heteroatoms. The summed E-state index contributed by atoms with van der Waals surface area (Å²) in [4.78, 5) is 37.8. The number of aliphatic hydroxyl groups excluding tert-OH is 1. The standard InChI is InChI=1S/C28H30F2N6O5/c1-17-14-34(8-9-35(17)25(38)16-37)28-31-12-19(13-32-28)20-10-22-21(11-24(20)40-3)26(39)33(2)36(22)15-18-6-4-5-7-23(18)41-27(29)30/h4-7,10-13,17,27,37H,8-9,14-16H2,1-3H3. The van der Waals surface area contributed by atoms with Crippen LogP contribution in [0.1, 0.15) is 12.5 Å². The summed E-state index contributed by atoms with van der Waals surface area (Å²) in [5.41, 5.74) is 2.09. The summed E-state index contributed by atoms with van der Waals surface area (Å²) in [7, 11) is 3.12. The van der Waals surface area contributed by atoms with Crippen LogP contribution in [-0.2, 0) is 18.4 Å². The highest BCUT2D eigenvalue weighted by molar-refractivity contribution is 5.88. The number of nitrogens with zero attached hydrogens (tertiary/aromatic N) is 6. The molecular formula is C28H30F2N6O5. The van der Waals surface area contributed by atoms with Crippen LogP contribution in [0.3, 0.4) is 0 Å². The zero-order valence-electron chi connectivity index (χ0n) is 22.8. The van der Waals surface area contributed by atoms with Crippen LogP contribution in [0.25, 0.3) is 22.0 Å². The van der Waals surface area contributed by atoms with E-state index in [1.165, 1.54) is 17.9 Å². The molecule has 1 saturated heterocycles. The van der Waals surface area contributed by atoms with Crippen molar-refractivity contribution in [2.75, 3.05) is 38.3 Å². The number of ether oxygens (including phenoxy) is 2. The number of fused-ring (bicyclic) bond motifs is 1. The van der Waals surface area contributed by atoms with Crippen molar-refractivity contribution in [3.63, 3.8) is 0 Å². The molecule has 41 heavy (non-hydrogen) atoms. The smallest absolute Gasteiger partial charge is 0.387 e. The monoisotopic (exact) mass is 568 g/mol. The van der Waals surface area contributed by atoms with Gasteiger partial charge in [0.1, 0.15) is 18.1 Å². The van der Waals surface area contributed by atoms with Gasteiger partial charge in [0.15, 0.2) is 0 Å². The highest BCUT2D eigenvalue weighted by atomic mass is 19.3. The van der Waals surface area contributed by atoms with Crippen molar-refractivity contribution in [1.82, 2.24) is 24.2 Å². The quantitative estimate of drug-likeness (QED) is 0.345. The van der Waals surface area contributed by atoms with Gasteiger partial charge in [0.2, 0.25) is 11.9 Å². The number of rotatable bonds is 8. The number of benzene rings is 2. The number of carbonyl (C=O) groups excluding carboxylic acids is 1. The van der Waals surface area contributed by atoms with Crippen molar-refractivity contribution in [2.45, 2.75) is 26.1 Å². The highest BCUT2D eigenvalue weighted by Gasteiger charge is 2.28. The fraction of sp³-hybridized carbons (Fsp3) is 0.357. The van der Waals surface area contributed by atoms with Gasteiger partial charge in [-0.3, -0.25) is 19.0 Å². The molecule has 1 aliphatic rings. The van der Waals surface area contributed by atoms with Gasteiger partial charge in [0.25, 0.3) is 5.56 Å². The summed E-state index contributed by atoms with van der Waals surface area (Å²) in [6, 6.07) is 9.80. The average molecular weight is 569 g/mol. The van der Waals surface area contributed by atoms with E-state index in [9.17, 15) is 23.5 Å². The van der Waals surface area contributed by atoms with E-state index in [-0.39, 0.29) is 29.8 Å². The number of hydrogen-bond donors (Lipinski definition) is 1. The second-order valence-corrected chi connectivity index (χ2v) is 9.75. The number of alkyl halides is 2. The Labute approximate surface area is 234 Å². The Bertz CT molecular complexity index is 1620. The Morgan fingerprint density at radius 1 is 1.15 bits per heavy atom. The molecule has 216 valence electrons. The third-order valence-electron chi connectivity index (χ3n) is 7.31. The minimum Gasteiger partial charge on any atom is -0.496 e. The summed E-state index contributed by atoms with van der Waals surface area (Å²) >= 11 is 0. The molecule has 1 aliphatic heterocycles. The van der Waals surface area contributed by atoms with Crippen molar-refractivity contribution in [3.8, 4) is 22.6 Å². The third-order valence-corrected chi connectivity index (χ3v) is 7.31. The number of methoxy groups -OCH3 is 1. The van der Waals surface area contributed by atoms with Crippen LogP contribution in [0.2, 0.25) is 0 Å². The summed E-state index contributed by atoms with van der Waals surface area (Å²) in [6.07, 6.45) is 3.33. The summed E-state index contributed by atoms with van der Waals surface area (Å²) in [5, 5.41) is 9.60. The highest BCUT2D eigenvalue weighted by Crippen LogP contribution is 2.34. The first kappa shape index (κ1) is 28.0. The van der Waals surface area contributed by atoms with Crippen LogP contribution in [0.5, 0.6) is 11.5 Å². The normalized spacial score (nSPS) is 15.5. The maximum absolute atomic E-state index is 13.1. The predicted octanol–water partition coefficient (Wildman–Crippen LogP) is 2.48. The largest absolute Gasteiger partial charge is 0.496 e. The lowest BCUT2D eigenvalue weighted by molar-refractivity contribution is -0.136. The molecule has 1 unspecified atom stereocenters. The molecule has 3 heterocycles. The molecule has 0 saturated carbocycles. The number of anilines is 1. The topological polar surface area (TPSA) is 115 Å². The summed E-state index contributed by atoms with van der Waals surface area (Å²) in [5.74, 6) is 0.685. The van der Waals surface area contributed by atoms with E-state index in [1.54, 1.807) is 59.4 Å². The van der Waals surface area contributed by atoms with Crippen molar-refractivity contribution in [1.29, 1.82) is 0 Å². The third kappa shape index (κ3) is 5.44. The van der Waals surface area contributed by atoms with Gasteiger partial charge in [-0.2, -0.15) is 8.78 Å². The number of piperazine rings is 1. The maximum atomic E-state index is 13.1. The van der Waals surface area contributed by atoms with Gasteiger partial charge in [-0.1, -0.05) is 18.2 Å². The van der Waals surface area contributed by atoms with Crippen LogP contribution in [0.15, 0.2) is 53.6 Å². The number of aliphatic hydroxyl groups is 1. The number of halogens is 2. The first-order valence-corrected chi connectivity index (χ1v) is 13.0. The van der Waals surface area contributed by atoms with Gasteiger partial charge in [0.05, 0.1) is 24.6 Å². The Kier molecular flexibility index (Phi) is 7.88. The fourth-order valence-electron chi connectivity index (χ4n) is 5.22. The molecular weight excluding hydrogens is 538 g/mol. The molecule has 1 fully saturated rings. The van der Waals surface area contributed by atoms with E-state index in [4.69, 9.17) is 9.47 Å². The van der Waals surface area contributed by atoms with Crippen molar-refractivity contribution >= 4 is 22.8 Å². The molecule has 5 rings (SSSR count). The van der Waals surface area contributed by atoms with E-state index < -0.39 is 13.2 Å². The lowest BCUT2D eigenvalue weighted by Gasteiger charge is -2.39. The van der Waals surface area contributed by atoms with Crippen molar-refractivity contribution in [3.05, 3.63) is 64.7 Å². The number of aromatic nitrogens is 4. The molecule has 0 radical (unpaired) electrons. The van der Waals surface area contributed by atoms with Crippen LogP contribution in [0, 0.1) is 0 Å². The number of para-hydroxylation sites is 1. The van der Waals surface area contributed by atoms with Crippen LogP contribution >= 0.6 is 0 Å². The van der Waals surface area contributed by atoms with Crippen molar-refractivity contribution < 1.29 is 28.2 Å². The number of hydrogen-bond acceptors (Lipinski definition) is 8. The second kappa shape index (κ2) is 11.5. The zero-order valence-corrected chi connectivity index (χ0v) is 22.8. The Morgan fingerprint density at radius 2 is 1.88 bits per heavy atom. The van der Waals surface area contributed by atoms with Gasteiger partial charge < -0.3 is 24.4 Å². The number of amides is 1. The molecule has 4 aromatic rings.